The molecule has 3 heterocycles. The van der Waals surface area contributed by atoms with Crippen molar-refractivity contribution in [1.82, 2.24) is 24.6 Å². The molecule has 1 atom stereocenters. The van der Waals surface area contributed by atoms with Gasteiger partial charge in [-0.15, -0.1) is 10.2 Å². The Morgan fingerprint density at radius 3 is 2.50 bits per heavy atom. The predicted octanol–water partition coefficient (Wildman–Crippen LogP) is 0.895. The van der Waals surface area contributed by atoms with Crippen molar-refractivity contribution in [2.24, 2.45) is 5.41 Å². The van der Waals surface area contributed by atoms with E-state index in [1.807, 2.05) is 13.8 Å². The van der Waals surface area contributed by atoms with Gasteiger partial charge >= 0.3 is 0 Å². The van der Waals surface area contributed by atoms with Gasteiger partial charge in [-0.05, 0) is 19.1 Å². The van der Waals surface area contributed by atoms with Crippen molar-refractivity contribution in [3.63, 3.8) is 0 Å². The van der Waals surface area contributed by atoms with E-state index in [2.05, 4.69) is 15.2 Å². The van der Waals surface area contributed by atoms with Crippen molar-refractivity contribution >= 4 is 5.91 Å². The molecule has 1 aliphatic heterocycles. The first-order valence-electron chi connectivity index (χ1n) is 7.13. The van der Waals surface area contributed by atoms with Crippen LogP contribution in [0, 0.1) is 5.41 Å². The normalized spacial score (nSPS) is 23.7. The van der Waals surface area contributed by atoms with Crippen LogP contribution in [0.2, 0.25) is 0 Å². The van der Waals surface area contributed by atoms with Crippen LogP contribution in [-0.2, 0) is 0 Å². The molecule has 0 saturated carbocycles. The van der Waals surface area contributed by atoms with E-state index in [-0.39, 0.29) is 11.3 Å². The van der Waals surface area contributed by atoms with Crippen molar-refractivity contribution < 1.29 is 9.90 Å². The summed E-state index contributed by atoms with van der Waals surface area (Å²) in [5.41, 5.74) is -0.702. The average molecular weight is 301 g/mol. The number of β-amino-alcohol motifs (C(OH)–C–C–N with tert-alkyl or cyclic N) is 1. The zero-order chi connectivity index (χ0) is 16.0. The molecule has 116 valence electrons. The first-order chi connectivity index (χ1) is 10.3. The highest BCUT2D eigenvalue weighted by Crippen LogP contribution is 2.38. The molecule has 0 spiro atoms. The maximum atomic E-state index is 12.7. The van der Waals surface area contributed by atoms with E-state index in [1.54, 1.807) is 34.7 Å². The summed E-state index contributed by atoms with van der Waals surface area (Å²) < 4.78 is 1.64. The number of likely N-dealkylation sites (tertiary alicyclic amines) is 1. The molecule has 0 aromatic carbocycles. The fourth-order valence-electron chi connectivity index (χ4n) is 2.63. The lowest BCUT2D eigenvalue weighted by Crippen LogP contribution is -2.40. The number of amides is 1. The van der Waals surface area contributed by atoms with Gasteiger partial charge in [-0.3, -0.25) is 9.36 Å². The Morgan fingerprint density at radius 1 is 1.23 bits per heavy atom. The van der Waals surface area contributed by atoms with Crippen LogP contribution >= 0.6 is 0 Å². The number of aliphatic hydroxyl groups is 1. The summed E-state index contributed by atoms with van der Waals surface area (Å²) in [4.78, 5) is 18.6. The van der Waals surface area contributed by atoms with Gasteiger partial charge in [0.05, 0.1) is 12.1 Å². The monoisotopic (exact) mass is 301 g/mol. The molecule has 0 aliphatic carbocycles. The maximum Gasteiger partial charge on any atom is 0.254 e. The van der Waals surface area contributed by atoms with Gasteiger partial charge in [-0.1, -0.05) is 13.8 Å². The molecule has 0 radical (unpaired) electrons. The molecular weight excluding hydrogens is 282 g/mol. The maximum absolute atomic E-state index is 12.7. The van der Waals surface area contributed by atoms with E-state index in [0.29, 0.717) is 24.5 Å². The Labute approximate surface area is 128 Å². The summed E-state index contributed by atoms with van der Waals surface area (Å²) >= 11 is 0. The third kappa shape index (κ3) is 2.37. The van der Waals surface area contributed by atoms with Crippen molar-refractivity contribution in [3.8, 4) is 5.82 Å². The number of carbonyl (C=O) groups excluding carboxylic acids is 1. The van der Waals surface area contributed by atoms with Crippen LogP contribution in [0.1, 0.15) is 31.1 Å². The van der Waals surface area contributed by atoms with Gasteiger partial charge in [0.25, 0.3) is 5.91 Å². The van der Waals surface area contributed by atoms with E-state index in [0.717, 1.165) is 0 Å². The molecule has 2 aromatic heterocycles. The smallest absolute Gasteiger partial charge is 0.254 e. The summed E-state index contributed by atoms with van der Waals surface area (Å²) in [6.07, 6.45) is 4.64. The van der Waals surface area contributed by atoms with E-state index < -0.39 is 5.60 Å². The summed E-state index contributed by atoms with van der Waals surface area (Å²) in [5.74, 6) is 0.476. The van der Waals surface area contributed by atoms with Crippen LogP contribution in [0.5, 0.6) is 0 Å². The predicted molar refractivity (Wildman–Crippen MR) is 79.5 cm³/mol. The van der Waals surface area contributed by atoms with Crippen LogP contribution in [0.3, 0.4) is 0 Å². The molecule has 1 aliphatic rings. The summed E-state index contributed by atoms with van der Waals surface area (Å²) in [7, 11) is 0. The number of hydrogen-bond acceptors (Lipinski definition) is 5. The average Bonchev–Trinajstić information content (AvgIpc) is 3.05. The van der Waals surface area contributed by atoms with Gasteiger partial charge in [-0.25, -0.2) is 4.98 Å². The summed E-state index contributed by atoms with van der Waals surface area (Å²) in [5, 5.41) is 17.9. The Balaban J connectivity index is 1.86. The highest BCUT2D eigenvalue weighted by atomic mass is 16.3. The molecule has 1 amide bonds. The number of pyridine rings is 1. The minimum Gasteiger partial charge on any atom is -0.388 e. The zero-order valence-electron chi connectivity index (χ0n) is 12.9. The molecule has 7 heteroatoms. The SMILES string of the molecule is CC1(C)CN(C(=O)c2ccnc(-n3cnnc3)c2)C[C@]1(C)O. The lowest BCUT2D eigenvalue weighted by Gasteiger charge is -2.30. The number of nitrogens with zero attached hydrogens (tertiary/aromatic N) is 5. The van der Waals surface area contributed by atoms with Gasteiger partial charge in [-0.2, -0.15) is 0 Å². The Bertz CT molecular complexity index is 678. The lowest BCUT2D eigenvalue weighted by atomic mass is 9.79. The first kappa shape index (κ1) is 14.6. The third-order valence-corrected chi connectivity index (χ3v) is 4.51. The third-order valence-electron chi connectivity index (χ3n) is 4.51. The largest absolute Gasteiger partial charge is 0.388 e. The minimum atomic E-state index is -0.896. The van der Waals surface area contributed by atoms with Gasteiger partial charge < -0.3 is 10.0 Å². The standard InChI is InChI=1S/C15H19N5O2/c1-14(2)7-19(8-15(14,3)22)13(21)11-4-5-16-12(6-11)20-9-17-18-10-20/h4-6,9-10,22H,7-8H2,1-3H3/t15-/m0/s1. The quantitative estimate of drug-likeness (QED) is 0.890. The van der Waals surface area contributed by atoms with Crippen LogP contribution in [0.15, 0.2) is 31.0 Å². The fourth-order valence-corrected chi connectivity index (χ4v) is 2.63. The highest BCUT2D eigenvalue weighted by molar-refractivity contribution is 5.94. The van der Waals surface area contributed by atoms with Gasteiger partial charge in [0.15, 0.2) is 0 Å². The molecule has 1 saturated heterocycles. The van der Waals surface area contributed by atoms with Gasteiger partial charge in [0, 0.05) is 23.7 Å². The Hall–Kier alpha value is -2.28. The Morgan fingerprint density at radius 2 is 1.91 bits per heavy atom. The number of rotatable bonds is 2. The number of aromatic nitrogens is 4. The summed E-state index contributed by atoms with van der Waals surface area (Å²) in [6, 6.07) is 3.38. The second kappa shape index (κ2) is 4.88. The zero-order valence-corrected chi connectivity index (χ0v) is 12.9. The Kier molecular flexibility index (Phi) is 3.25. The van der Waals surface area contributed by atoms with Crippen molar-refractivity contribution in [3.05, 3.63) is 36.5 Å². The number of carbonyl (C=O) groups is 1. The molecule has 2 aromatic rings. The van der Waals surface area contributed by atoms with Crippen LogP contribution in [-0.4, -0.2) is 54.4 Å². The van der Waals surface area contributed by atoms with E-state index >= 15 is 0 Å². The first-order valence-corrected chi connectivity index (χ1v) is 7.13. The van der Waals surface area contributed by atoms with E-state index in [4.69, 9.17) is 0 Å². The molecule has 0 bridgehead atoms. The second-order valence-electron chi connectivity index (χ2n) is 6.59. The number of hydrogen-bond donors (Lipinski definition) is 1. The highest BCUT2D eigenvalue weighted by Gasteiger charge is 2.49. The van der Waals surface area contributed by atoms with Crippen molar-refractivity contribution in [2.75, 3.05) is 13.1 Å². The summed E-state index contributed by atoms with van der Waals surface area (Å²) in [6.45, 7) is 6.55. The topological polar surface area (TPSA) is 84.1 Å². The molecule has 1 fully saturated rings. The van der Waals surface area contributed by atoms with Gasteiger partial charge in [0.1, 0.15) is 18.5 Å². The molecule has 22 heavy (non-hydrogen) atoms. The molecular formula is C15H19N5O2. The molecule has 1 N–H and O–H groups in total. The van der Waals surface area contributed by atoms with Crippen molar-refractivity contribution in [1.29, 1.82) is 0 Å². The fraction of sp³-hybridized carbons (Fsp3) is 0.467. The minimum absolute atomic E-state index is 0.109. The van der Waals surface area contributed by atoms with Crippen LogP contribution in [0.4, 0.5) is 0 Å². The molecule has 7 nitrogen and oxygen atoms in total. The lowest BCUT2D eigenvalue weighted by molar-refractivity contribution is -0.0108. The van der Waals surface area contributed by atoms with E-state index in [1.165, 1.54) is 12.7 Å². The molecule has 3 rings (SSSR count). The van der Waals surface area contributed by atoms with E-state index in [9.17, 15) is 9.90 Å². The van der Waals surface area contributed by atoms with Crippen molar-refractivity contribution in [2.45, 2.75) is 26.4 Å². The van der Waals surface area contributed by atoms with Gasteiger partial charge in [0.2, 0.25) is 0 Å². The van der Waals surface area contributed by atoms with Crippen LogP contribution < -0.4 is 0 Å². The van der Waals surface area contributed by atoms with Crippen LogP contribution in [0.25, 0.3) is 5.82 Å². The molecule has 0 unspecified atom stereocenters. The second-order valence-corrected chi connectivity index (χ2v) is 6.59.